The Kier molecular flexibility index (Phi) is 3.94. The molecule has 7 nitrogen and oxygen atoms in total. The number of benzene rings is 1. The van der Waals surface area contributed by atoms with Crippen LogP contribution in [0, 0.1) is 0 Å². The summed E-state index contributed by atoms with van der Waals surface area (Å²) in [6.45, 7) is -0.0134. The van der Waals surface area contributed by atoms with Crippen LogP contribution in [0.4, 0.5) is 0 Å². The normalized spacial score (nSPS) is 10.7. The van der Waals surface area contributed by atoms with Gasteiger partial charge in [-0.05, 0) is 18.2 Å². The summed E-state index contributed by atoms with van der Waals surface area (Å²) in [4.78, 5) is 27.0. The lowest BCUT2D eigenvalue weighted by Gasteiger charge is -2.02. The first-order valence-electron chi connectivity index (χ1n) is 6.61. The first kappa shape index (κ1) is 15.0. The highest BCUT2D eigenvalue weighted by Crippen LogP contribution is 2.23. The molecule has 1 amide bonds. The molecule has 0 atom stereocenters. The Morgan fingerprint density at radius 3 is 2.87 bits per heavy atom. The number of hydrogen-bond acceptors (Lipinski definition) is 5. The maximum Gasteiger partial charge on any atom is 0.269 e. The van der Waals surface area contributed by atoms with Gasteiger partial charge in [0.2, 0.25) is 5.89 Å². The Hall–Kier alpha value is -2.93. The number of carbonyl (C=O) groups is 1. The minimum Gasteiger partial charge on any atom is -0.439 e. The number of aromatic nitrogens is 3. The first-order chi connectivity index (χ1) is 11.0. The number of halogens is 1. The number of rotatable bonds is 4. The number of hydrogen-bond donors (Lipinski definition) is 1. The van der Waals surface area contributed by atoms with Crippen molar-refractivity contribution >= 4 is 17.5 Å². The SMILES string of the molecule is NC(=O)c1ccc(=O)n(Cc2ncc(-c3cccc(Cl)c3)o2)n1. The zero-order valence-electron chi connectivity index (χ0n) is 11.8. The van der Waals surface area contributed by atoms with E-state index in [2.05, 4.69) is 10.1 Å². The summed E-state index contributed by atoms with van der Waals surface area (Å²) in [5.74, 6) is 0.0728. The third kappa shape index (κ3) is 3.29. The molecule has 0 unspecified atom stereocenters. The van der Waals surface area contributed by atoms with Gasteiger partial charge in [-0.2, -0.15) is 5.10 Å². The Morgan fingerprint density at radius 1 is 1.30 bits per heavy atom. The van der Waals surface area contributed by atoms with Gasteiger partial charge in [0.15, 0.2) is 5.76 Å². The van der Waals surface area contributed by atoms with Crippen LogP contribution in [-0.2, 0) is 6.54 Å². The standard InChI is InChI=1S/C15H11ClN4O3/c16-10-3-1-2-9(6-10)12-7-18-13(23-12)8-20-14(21)5-4-11(19-20)15(17)22/h1-7H,8H2,(H2,17,22). The summed E-state index contributed by atoms with van der Waals surface area (Å²) in [6, 6.07) is 9.60. The first-order valence-corrected chi connectivity index (χ1v) is 6.99. The van der Waals surface area contributed by atoms with Gasteiger partial charge in [0, 0.05) is 16.7 Å². The van der Waals surface area contributed by atoms with Gasteiger partial charge >= 0.3 is 0 Å². The Balaban J connectivity index is 1.89. The lowest BCUT2D eigenvalue weighted by molar-refractivity contribution is 0.0993. The molecule has 0 aliphatic rings. The quantitative estimate of drug-likeness (QED) is 0.784. The Labute approximate surface area is 135 Å². The lowest BCUT2D eigenvalue weighted by atomic mass is 10.2. The smallest absolute Gasteiger partial charge is 0.269 e. The largest absolute Gasteiger partial charge is 0.439 e. The molecule has 0 bridgehead atoms. The molecule has 0 radical (unpaired) electrons. The van der Waals surface area contributed by atoms with E-state index in [1.54, 1.807) is 18.2 Å². The van der Waals surface area contributed by atoms with Crippen LogP contribution in [0.1, 0.15) is 16.4 Å². The summed E-state index contributed by atoms with van der Waals surface area (Å²) in [6.07, 6.45) is 1.53. The van der Waals surface area contributed by atoms with Crippen LogP contribution in [0.2, 0.25) is 5.02 Å². The Morgan fingerprint density at radius 2 is 2.13 bits per heavy atom. The fraction of sp³-hybridized carbons (Fsp3) is 0.0667. The summed E-state index contributed by atoms with van der Waals surface area (Å²) in [7, 11) is 0. The minimum atomic E-state index is -0.717. The van der Waals surface area contributed by atoms with Gasteiger partial charge in [-0.25, -0.2) is 9.67 Å². The predicted octanol–water partition coefficient (Wildman–Crippen LogP) is 1.70. The van der Waals surface area contributed by atoms with Crippen LogP contribution < -0.4 is 11.3 Å². The van der Waals surface area contributed by atoms with E-state index in [1.807, 2.05) is 6.07 Å². The predicted molar refractivity (Wildman–Crippen MR) is 83.1 cm³/mol. The van der Waals surface area contributed by atoms with Gasteiger partial charge in [-0.15, -0.1) is 0 Å². The molecule has 0 spiro atoms. The van der Waals surface area contributed by atoms with Crippen LogP contribution >= 0.6 is 11.6 Å². The van der Waals surface area contributed by atoms with Gasteiger partial charge in [-0.3, -0.25) is 9.59 Å². The van der Waals surface area contributed by atoms with Gasteiger partial charge < -0.3 is 10.2 Å². The molecule has 0 saturated carbocycles. The third-order valence-corrected chi connectivity index (χ3v) is 3.30. The van der Waals surface area contributed by atoms with Crippen molar-refractivity contribution in [2.75, 3.05) is 0 Å². The van der Waals surface area contributed by atoms with Crippen molar-refractivity contribution in [1.82, 2.24) is 14.8 Å². The Bertz CT molecular complexity index is 932. The van der Waals surface area contributed by atoms with E-state index in [4.69, 9.17) is 21.8 Å². The van der Waals surface area contributed by atoms with Crippen molar-refractivity contribution in [3.63, 3.8) is 0 Å². The molecule has 0 fully saturated rings. The van der Waals surface area contributed by atoms with Crippen LogP contribution in [0.25, 0.3) is 11.3 Å². The molecule has 23 heavy (non-hydrogen) atoms. The molecular weight excluding hydrogens is 320 g/mol. The monoisotopic (exact) mass is 330 g/mol. The maximum absolute atomic E-state index is 11.8. The topological polar surface area (TPSA) is 104 Å². The number of primary amides is 1. The molecule has 2 heterocycles. The fourth-order valence-corrected chi connectivity index (χ4v) is 2.17. The van der Waals surface area contributed by atoms with Gasteiger partial charge in [-0.1, -0.05) is 23.7 Å². The van der Waals surface area contributed by atoms with Crippen LogP contribution in [-0.4, -0.2) is 20.7 Å². The van der Waals surface area contributed by atoms with Crippen molar-refractivity contribution in [2.45, 2.75) is 6.54 Å². The number of oxazole rings is 1. The van der Waals surface area contributed by atoms with Crippen molar-refractivity contribution < 1.29 is 9.21 Å². The molecule has 2 aromatic heterocycles. The second kappa shape index (κ2) is 6.05. The van der Waals surface area contributed by atoms with Crippen molar-refractivity contribution in [3.05, 3.63) is 69.6 Å². The van der Waals surface area contributed by atoms with Crippen LogP contribution in [0.3, 0.4) is 0 Å². The molecule has 116 valence electrons. The van der Waals surface area contributed by atoms with E-state index in [1.165, 1.54) is 18.3 Å². The molecule has 8 heteroatoms. The summed E-state index contributed by atoms with van der Waals surface area (Å²) >= 11 is 5.94. The third-order valence-electron chi connectivity index (χ3n) is 3.07. The molecular formula is C15H11ClN4O3. The second-order valence-electron chi connectivity index (χ2n) is 4.71. The van der Waals surface area contributed by atoms with E-state index in [9.17, 15) is 9.59 Å². The maximum atomic E-state index is 11.8. The summed E-state index contributed by atoms with van der Waals surface area (Å²) in [5, 5.41) is 4.45. The van der Waals surface area contributed by atoms with Gasteiger partial charge in [0.05, 0.1) is 6.20 Å². The molecule has 3 aromatic rings. The average Bonchev–Trinajstić information content (AvgIpc) is 2.98. The van der Waals surface area contributed by atoms with E-state index >= 15 is 0 Å². The highest BCUT2D eigenvalue weighted by atomic mass is 35.5. The zero-order valence-corrected chi connectivity index (χ0v) is 12.5. The van der Waals surface area contributed by atoms with E-state index in [0.717, 1.165) is 10.2 Å². The number of nitrogens with zero attached hydrogens (tertiary/aromatic N) is 3. The second-order valence-corrected chi connectivity index (χ2v) is 5.14. The average molecular weight is 331 g/mol. The van der Waals surface area contributed by atoms with Crippen LogP contribution in [0.15, 0.2) is 51.8 Å². The number of nitrogens with two attached hydrogens (primary N) is 1. The highest BCUT2D eigenvalue weighted by Gasteiger charge is 2.11. The molecule has 0 aliphatic carbocycles. The highest BCUT2D eigenvalue weighted by molar-refractivity contribution is 6.30. The summed E-state index contributed by atoms with van der Waals surface area (Å²) in [5.41, 5.74) is 5.52. The van der Waals surface area contributed by atoms with E-state index < -0.39 is 11.5 Å². The number of carbonyl (C=O) groups excluding carboxylic acids is 1. The molecule has 3 rings (SSSR count). The minimum absolute atomic E-state index is 0.00813. The van der Waals surface area contributed by atoms with Gasteiger partial charge in [0.25, 0.3) is 11.5 Å². The number of amides is 1. The van der Waals surface area contributed by atoms with Crippen molar-refractivity contribution in [1.29, 1.82) is 0 Å². The van der Waals surface area contributed by atoms with E-state index in [0.29, 0.717) is 10.8 Å². The van der Waals surface area contributed by atoms with Crippen molar-refractivity contribution in [3.8, 4) is 11.3 Å². The summed E-state index contributed by atoms with van der Waals surface area (Å²) < 4.78 is 6.66. The van der Waals surface area contributed by atoms with Crippen LogP contribution in [0.5, 0.6) is 0 Å². The van der Waals surface area contributed by atoms with Crippen molar-refractivity contribution in [2.24, 2.45) is 5.73 Å². The molecule has 0 saturated heterocycles. The lowest BCUT2D eigenvalue weighted by Crippen LogP contribution is -2.26. The fourth-order valence-electron chi connectivity index (χ4n) is 1.98. The molecule has 2 N–H and O–H groups in total. The van der Waals surface area contributed by atoms with E-state index in [-0.39, 0.29) is 18.1 Å². The van der Waals surface area contributed by atoms with Gasteiger partial charge in [0.1, 0.15) is 12.2 Å². The zero-order chi connectivity index (χ0) is 16.4. The molecule has 1 aromatic carbocycles. The molecule has 0 aliphatic heterocycles.